The Kier molecular flexibility index (Phi) is 5.21. The summed E-state index contributed by atoms with van der Waals surface area (Å²) in [6.45, 7) is 9.87. The van der Waals surface area contributed by atoms with E-state index < -0.39 is 32.3 Å². The van der Waals surface area contributed by atoms with E-state index in [9.17, 15) is 9.13 Å². The highest BCUT2D eigenvalue weighted by Gasteiger charge is 2.40. The number of rotatable bonds is 4. The van der Waals surface area contributed by atoms with E-state index in [2.05, 4.69) is 0 Å². The van der Waals surface area contributed by atoms with Crippen molar-refractivity contribution in [3.63, 3.8) is 0 Å². The molecule has 0 aliphatic rings. The van der Waals surface area contributed by atoms with Gasteiger partial charge in [0.15, 0.2) is 5.90 Å². The molecule has 0 aliphatic carbocycles. The van der Waals surface area contributed by atoms with E-state index in [-0.39, 0.29) is 0 Å². The summed E-state index contributed by atoms with van der Waals surface area (Å²) in [6, 6.07) is 0. The minimum atomic E-state index is -4.47. The molecule has 0 aromatic heterocycles. The van der Waals surface area contributed by atoms with Crippen molar-refractivity contribution in [2.45, 2.75) is 52.7 Å². The summed E-state index contributed by atoms with van der Waals surface area (Å²) in [4.78, 5) is 17.9. The molecule has 0 fully saturated rings. The molecule has 2 N–H and O–H groups in total. The third-order valence-electron chi connectivity index (χ3n) is 1.18. The molecule has 17 heavy (non-hydrogen) atoms. The number of hydrogen-bond donors (Lipinski definition) is 2. The van der Waals surface area contributed by atoms with Crippen LogP contribution >= 0.6 is 15.2 Å². The summed E-state index contributed by atoms with van der Waals surface area (Å²) >= 11 is 0. The Labute approximate surface area is 102 Å². The topological polar surface area (TPSA) is 93.1 Å². The largest absolute Gasteiger partial charge is 0.343 e. The molecular formula is C9H22O6P2. The summed E-state index contributed by atoms with van der Waals surface area (Å²) in [7, 11) is -8.32. The van der Waals surface area contributed by atoms with Gasteiger partial charge in [-0.2, -0.15) is 0 Å². The van der Waals surface area contributed by atoms with Crippen molar-refractivity contribution in [3.8, 4) is 0 Å². The first-order valence-corrected chi connectivity index (χ1v) is 8.70. The van der Waals surface area contributed by atoms with Crippen LogP contribution in [0.2, 0.25) is 0 Å². The Bertz CT molecular complexity index is 325. The number of hydrogen-bond acceptors (Lipinski definition) is 4. The highest BCUT2D eigenvalue weighted by molar-refractivity contribution is 7.70. The molecule has 0 spiro atoms. The summed E-state index contributed by atoms with van der Waals surface area (Å²) in [5, 5.41) is 0. The predicted octanol–water partition coefficient (Wildman–Crippen LogP) is 2.94. The highest BCUT2D eigenvalue weighted by atomic mass is 31.2. The van der Waals surface area contributed by atoms with Crippen molar-refractivity contribution in [3.05, 3.63) is 0 Å². The maximum absolute atomic E-state index is 12.3. The molecule has 0 saturated heterocycles. The molecule has 104 valence electrons. The summed E-state index contributed by atoms with van der Waals surface area (Å²) in [5.41, 5.74) is -1.62. The molecule has 8 heteroatoms. The molecule has 0 radical (unpaired) electrons. The van der Waals surface area contributed by atoms with Crippen LogP contribution < -0.4 is 0 Å². The molecule has 0 saturated carbocycles. The smallest absolute Gasteiger partial charge is 0.324 e. The molecular weight excluding hydrogens is 266 g/mol. The van der Waals surface area contributed by atoms with Crippen LogP contribution in [-0.2, 0) is 18.2 Å². The zero-order valence-corrected chi connectivity index (χ0v) is 12.9. The monoisotopic (exact) mass is 288 g/mol. The van der Waals surface area contributed by atoms with Gasteiger partial charge < -0.3 is 18.8 Å². The van der Waals surface area contributed by atoms with Crippen LogP contribution in [0.15, 0.2) is 0 Å². The normalized spacial score (nSPS) is 15.1. The zero-order chi connectivity index (χ0) is 14.1. The first-order valence-electron chi connectivity index (χ1n) is 5.17. The van der Waals surface area contributed by atoms with Gasteiger partial charge in [-0.1, -0.05) is 0 Å². The van der Waals surface area contributed by atoms with E-state index in [0.717, 1.165) is 0 Å². The lowest BCUT2D eigenvalue weighted by Gasteiger charge is -2.31. The Morgan fingerprint density at radius 3 is 1.35 bits per heavy atom. The van der Waals surface area contributed by atoms with Crippen molar-refractivity contribution in [1.82, 2.24) is 0 Å². The van der Waals surface area contributed by atoms with E-state index in [1.807, 2.05) is 0 Å². The van der Waals surface area contributed by atoms with E-state index in [4.69, 9.17) is 18.8 Å². The molecule has 6 nitrogen and oxygen atoms in total. The van der Waals surface area contributed by atoms with E-state index in [1.54, 1.807) is 41.5 Å². The van der Waals surface area contributed by atoms with Crippen LogP contribution in [0.4, 0.5) is 0 Å². The quantitative estimate of drug-likeness (QED) is 0.772. The molecule has 0 bridgehead atoms. The van der Waals surface area contributed by atoms with Crippen LogP contribution in [0.3, 0.4) is 0 Å². The molecule has 0 rings (SSSR count). The van der Waals surface area contributed by atoms with Crippen LogP contribution in [0.25, 0.3) is 0 Å². The summed E-state index contributed by atoms with van der Waals surface area (Å²) in [6.07, 6.45) is 0. The van der Waals surface area contributed by atoms with Crippen LogP contribution in [-0.4, -0.2) is 26.9 Å². The summed E-state index contributed by atoms with van der Waals surface area (Å²) in [5.74, 6) is -0.908. The van der Waals surface area contributed by atoms with Crippen molar-refractivity contribution in [2.75, 3.05) is 5.90 Å². The lowest BCUT2D eigenvalue weighted by Crippen LogP contribution is -2.24. The lowest BCUT2D eigenvalue weighted by molar-refractivity contribution is 0.0507. The standard InChI is InChI=1S/C9H22O6P2/c1-8(2,3)14-17(13,7-16(10,11)12)15-9(4,5)6/h7H2,1-6H3,(H2,10,11,12). The van der Waals surface area contributed by atoms with Gasteiger partial charge >= 0.3 is 15.2 Å². The Morgan fingerprint density at radius 1 is 0.882 bits per heavy atom. The van der Waals surface area contributed by atoms with Crippen molar-refractivity contribution >= 4 is 15.2 Å². The molecule has 0 atom stereocenters. The molecule has 0 aromatic carbocycles. The van der Waals surface area contributed by atoms with E-state index in [1.165, 1.54) is 0 Å². The van der Waals surface area contributed by atoms with Gasteiger partial charge in [-0.15, -0.1) is 0 Å². The molecule has 0 amide bonds. The van der Waals surface area contributed by atoms with Crippen LogP contribution in [0, 0.1) is 0 Å². The molecule has 0 heterocycles. The van der Waals surface area contributed by atoms with Gasteiger partial charge in [-0.25, -0.2) is 0 Å². The highest BCUT2D eigenvalue weighted by Crippen LogP contribution is 2.62. The van der Waals surface area contributed by atoms with Crippen molar-refractivity contribution < 1.29 is 28.0 Å². The third kappa shape index (κ3) is 9.95. The first kappa shape index (κ1) is 17.3. The second kappa shape index (κ2) is 5.12. The van der Waals surface area contributed by atoms with Gasteiger partial charge in [0.25, 0.3) is 0 Å². The van der Waals surface area contributed by atoms with Gasteiger partial charge in [0.1, 0.15) is 0 Å². The van der Waals surface area contributed by atoms with Crippen LogP contribution in [0.1, 0.15) is 41.5 Å². The second-order valence-electron chi connectivity index (χ2n) is 5.82. The van der Waals surface area contributed by atoms with Gasteiger partial charge in [0, 0.05) is 0 Å². The lowest BCUT2D eigenvalue weighted by atomic mass is 10.2. The molecule has 0 aromatic rings. The minimum absolute atomic E-state index is 0.810. The molecule has 0 aliphatic heterocycles. The Hall–Kier alpha value is 0.300. The Balaban J connectivity index is 5.10. The average Bonchev–Trinajstić information content (AvgIpc) is 1.65. The minimum Gasteiger partial charge on any atom is -0.324 e. The van der Waals surface area contributed by atoms with Gasteiger partial charge in [0.05, 0.1) is 11.2 Å². The van der Waals surface area contributed by atoms with Crippen molar-refractivity contribution in [2.24, 2.45) is 0 Å². The maximum Gasteiger partial charge on any atom is 0.343 e. The first-order chi connectivity index (χ1) is 7.12. The second-order valence-corrected chi connectivity index (χ2v) is 9.87. The van der Waals surface area contributed by atoms with Gasteiger partial charge in [-0.05, 0) is 41.5 Å². The zero-order valence-electron chi connectivity index (χ0n) is 11.1. The maximum atomic E-state index is 12.3. The summed E-state index contributed by atoms with van der Waals surface area (Å²) < 4.78 is 33.7. The van der Waals surface area contributed by atoms with Gasteiger partial charge in [-0.3, -0.25) is 9.13 Å². The molecule has 0 unspecified atom stereocenters. The SMILES string of the molecule is CC(C)(C)OP(=O)(CP(=O)(O)O)OC(C)(C)C. The Morgan fingerprint density at radius 2 is 1.18 bits per heavy atom. The fourth-order valence-electron chi connectivity index (χ4n) is 1.14. The average molecular weight is 288 g/mol. The van der Waals surface area contributed by atoms with Gasteiger partial charge in [0.2, 0.25) is 0 Å². The van der Waals surface area contributed by atoms with Crippen molar-refractivity contribution in [1.29, 1.82) is 0 Å². The van der Waals surface area contributed by atoms with E-state index in [0.29, 0.717) is 0 Å². The van der Waals surface area contributed by atoms with Crippen LogP contribution in [0.5, 0.6) is 0 Å². The predicted molar refractivity (Wildman–Crippen MR) is 66.2 cm³/mol. The fraction of sp³-hybridized carbons (Fsp3) is 1.00. The third-order valence-corrected chi connectivity index (χ3v) is 5.69. The van der Waals surface area contributed by atoms with E-state index >= 15 is 0 Å². The fourth-order valence-corrected chi connectivity index (χ4v) is 5.11.